The van der Waals surface area contributed by atoms with Crippen molar-refractivity contribution in [3.05, 3.63) is 21.3 Å². The number of hydrogen-bond acceptors (Lipinski definition) is 4. The third-order valence-electron chi connectivity index (χ3n) is 2.60. The fraction of sp³-hybridized carbons (Fsp3) is 0.500. The highest BCUT2D eigenvalue weighted by atomic mass is 35.5. The molecule has 4 nitrogen and oxygen atoms in total. The first kappa shape index (κ1) is 11.9. The van der Waals surface area contributed by atoms with Crippen molar-refractivity contribution >= 4 is 28.9 Å². The number of carbonyl (C=O) groups is 1. The maximum Gasteiger partial charge on any atom is 0.315 e. The zero-order valence-corrected chi connectivity index (χ0v) is 10.1. The first-order valence-corrected chi connectivity index (χ1v) is 6.08. The van der Waals surface area contributed by atoms with Crippen molar-refractivity contribution in [2.75, 3.05) is 19.8 Å². The molecule has 0 radical (unpaired) electrons. The molecule has 2 rings (SSSR count). The van der Waals surface area contributed by atoms with E-state index < -0.39 is 11.4 Å². The molecule has 88 valence electrons. The molecule has 1 aromatic rings. The van der Waals surface area contributed by atoms with Crippen LogP contribution in [0.5, 0.6) is 0 Å². The van der Waals surface area contributed by atoms with Crippen molar-refractivity contribution in [1.29, 1.82) is 0 Å². The fourth-order valence-corrected chi connectivity index (χ4v) is 2.58. The van der Waals surface area contributed by atoms with E-state index in [1.54, 1.807) is 0 Å². The lowest BCUT2D eigenvalue weighted by atomic mass is 9.86. The molecule has 0 atom stereocenters. The normalized spacial score (nSPS) is 18.1. The minimum Gasteiger partial charge on any atom is -0.481 e. The SMILES string of the molecule is O=C(O)C1(CNCc2ccc(Cl)s2)COC1. The third kappa shape index (κ3) is 2.38. The van der Waals surface area contributed by atoms with Crippen molar-refractivity contribution in [2.24, 2.45) is 5.41 Å². The molecule has 1 aromatic heterocycles. The molecule has 0 unspecified atom stereocenters. The van der Waals surface area contributed by atoms with Gasteiger partial charge in [-0.1, -0.05) is 11.6 Å². The van der Waals surface area contributed by atoms with Gasteiger partial charge in [0.05, 0.1) is 17.6 Å². The quantitative estimate of drug-likeness (QED) is 0.845. The molecule has 2 heterocycles. The van der Waals surface area contributed by atoms with Crippen molar-refractivity contribution in [2.45, 2.75) is 6.54 Å². The maximum absolute atomic E-state index is 11.0. The summed E-state index contributed by atoms with van der Waals surface area (Å²) < 4.78 is 5.71. The highest BCUT2D eigenvalue weighted by Gasteiger charge is 2.45. The van der Waals surface area contributed by atoms with E-state index >= 15 is 0 Å². The van der Waals surface area contributed by atoms with Crippen LogP contribution < -0.4 is 5.32 Å². The molecule has 0 aromatic carbocycles. The van der Waals surface area contributed by atoms with E-state index in [4.69, 9.17) is 21.4 Å². The summed E-state index contributed by atoms with van der Waals surface area (Å²) in [6.07, 6.45) is 0. The summed E-state index contributed by atoms with van der Waals surface area (Å²) in [5.74, 6) is -0.796. The van der Waals surface area contributed by atoms with Crippen LogP contribution in [0.4, 0.5) is 0 Å². The molecule has 1 fully saturated rings. The lowest BCUT2D eigenvalue weighted by Crippen LogP contribution is -2.54. The van der Waals surface area contributed by atoms with Gasteiger partial charge in [0, 0.05) is 18.0 Å². The molecule has 0 spiro atoms. The average Bonchev–Trinajstić information content (AvgIpc) is 2.55. The molecule has 1 aliphatic rings. The van der Waals surface area contributed by atoms with Crippen LogP contribution in [0.15, 0.2) is 12.1 Å². The topological polar surface area (TPSA) is 58.6 Å². The van der Waals surface area contributed by atoms with Crippen LogP contribution in [0.1, 0.15) is 4.88 Å². The van der Waals surface area contributed by atoms with Gasteiger partial charge in [0.2, 0.25) is 0 Å². The first-order chi connectivity index (χ1) is 7.62. The number of nitrogens with one attached hydrogen (secondary N) is 1. The number of thiophene rings is 1. The smallest absolute Gasteiger partial charge is 0.315 e. The highest BCUT2D eigenvalue weighted by Crippen LogP contribution is 2.27. The molecular weight excluding hydrogens is 250 g/mol. The average molecular weight is 262 g/mol. The van der Waals surface area contributed by atoms with E-state index in [2.05, 4.69) is 5.32 Å². The lowest BCUT2D eigenvalue weighted by molar-refractivity contribution is -0.178. The molecule has 16 heavy (non-hydrogen) atoms. The first-order valence-electron chi connectivity index (χ1n) is 4.88. The summed E-state index contributed by atoms with van der Waals surface area (Å²) in [4.78, 5) is 12.1. The number of ether oxygens (including phenoxy) is 1. The predicted molar refractivity (Wildman–Crippen MR) is 61.9 cm³/mol. The Balaban J connectivity index is 1.81. The van der Waals surface area contributed by atoms with E-state index in [0.717, 1.165) is 9.21 Å². The Morgan fingerprint density at radius 3 is 2.81 bits per heavy atom. The number of halogens is 1. The molecule has 2 N–H and O–H groups in total. The second kappa shape index (κ2) is 4.71. The van der Waals surface area contributed by atoms with Gasteiger partial charge in [0.15, 0.2) is 0 Å². The summed E-state index contributed by atoms with van der Waals surface area (Å²) in [5, 5.41) is 12.2. The van der Waals surface area contributed by atoms with Gasteiger partial charge in [0.1, 0.15) is 5.41 Å². The highest BCUT2D eigenvalue weighted by molar-refractivity contribution is 7.16. The Hall–Kier alpha value is -0.620. The standard InChI is InChI=1S/C10H12ClNO3S/c11-8-2-1-7(16-8)3-12-4-10(9(13)14)5-15-6-10/h1-2,12H,3-6H2,(H,13,14). The zero-order valence-electron chi connectivity index (χ0n) is 8.53. The number of hydrogen-bond donors (Lipinski definition) is 2. The summed E-state index contributed by atoms with van der Waals surface area (Å²) in [6.45, 7) is 1.66. The van der Waals surface area contributed by atoms with Crippen LogP contribution in [0.25, 0.3) is 0 Å². The molecule has 0 saturated carbocycles. The maximum atomic E-state index is 11.0. The molecule has 0 aliphatic carbocycles. The lowest BCUT2D eigenvalue weighted by Gasteiger charge is -2.37. The van der Waals surface area contributed by atoms with E-state index in [9.17, 15) is 4.79 Å². The Labute approximate surface area is 102 Å². The minimum atomic E-state index is -0.796. The number of carboxylic acid groups (broad SMARTS) is 1. The monoisotopic (exact) mass is 261 g/mol. The van der Waals surface area contributed by atoms with E-state index in [0.29, 0.717) is 26.3 Å². The van der Waals surface area contributed by atoms with E-state index in [1.165, 1.54) is 11.3 Å². The Bertz CT molecular complexity index is 389. The van der Waals surface area contributed by atoms with Crippen molar-refractivity contribution in [3.63, 3.8) is 0 Å². The van der Waals surface area contributed by atoms with Gasteiger partial charge in [-0.2, -0.15) is 0 Å². The van der Waals surface area contributed by atoms with Crippen LogP contribution >= 0.6 is 22.9 Å². The van der Waals surface area contributed by atoms with Gasteiger partial charge in [-0.3, -0.25) is 4.79 Å². The van der Waals surface area contributed by atoms with Crippen LogP contribution in [-0.4, -0.2) is 30.8 Å². The second-order valence-corrected chi connectivity index (χ2v) is 5.69. The summed E-state index contributed by atoms with van der Waals surface area (Å²) in [5.41, 5.74) is -0.735. The molecular formula is C10H12ClNO3S. The molecule has 1 saturated heterocycles. The Morgan fingerprint density at radius 2 is 2.38 bits per heavy atom. The van der Waals surface area contributed by atoms with Crippen molar-refractivity contribution in [1.82, 2.24) is 5.32 Å². The minimum absolute atomic E-state index is 0.292. The van der Waals surface area contributed by atoms with Gasteiger partial charge in [-0.15, -0.1) is 11.3 Å². The van der Waals surface area contributed by atoms with E-state index in [-0.39, 0.29) is 0 Å². The predicted octanol–water partition coefficient (Wildman–Crippen LogP) is 1.59. The summed E-state index contributed by atoms with van der Waals surface area (Å²) >= 11 is 7.29. The molecule has 0 bridgehead atoms. The summed E-state index contributed by atoms with van der Waals surface area (Å²) in [7, 11) is 0. The summed E-state index contributed by atoms with van der Waals surface area (Å²) in [6, 6.07) is 3.77. The second-order valence-electron chi connectivity index (χ2n) is 3.89. The van der Waals surface area contributed by atoms with Crippen LogP contribution in [0.3, 0.4) is 0 Å². The van der Waals surface area contributed by atoms with Gasteiger partial charge >= 0.3 is 5.97 Å². The largest absolute Gasteiger partial charge is 0.481 e. The van der Waals surface area contributed by atoms with Gasteiger partial charge in [-0.25, -0.2) is 0 Å². The number of aliphatic carboxylic acids is 1. The zero-order chi connectivity index (χ0) is 11.6. The van der Waals surface area contributed by atoms with Gasteiger partial charge in [-0.05, 0) is 12.1 Å². The van der Waals surface area contributed by atoms with Gasteiger partial charge in [0.25, 0.3) is 0 Å². The van der Waals surface area contributed by atoms with Crippen molar-refractivity contribution in [3.8, 4) is 0 Å². The number of carboxylic acids is 1. The van der Waals surface area contributed by atoms with Crippen molar-refractivity contribution < 1.29 is 14.6 Å². The van der Waals surface area contributed by atoms with Crippen LogP contribution in [-0.2, 0) is 16.1 Å². The van der Waals surface area contributed by atoms with Crippen LogP contribution in [0, 0.1) is 5.41 Å². The van der Waals surface area contributed by atoms with Gasteiger partial charge < -0.3 is 15.2 Å². The number of rotatable bonds is 5. The fourth-order valence-electron chi connectivity index (χ4n) is 1.52. The Morgan fingerprint density at radius 1 is 1.62 bits per heavy atom. The third-order valence-corrected chi connectivity index (χ3v) is 3.83. The molecule has 0 amide bonds. The molecule has 6 heteroatoms. The Kier molecular flexibility index (Phi) is 3.49. The van der Waals surface area contributed by atoms with Crippen LogP contribution in [0.2, 0.25) is 4.34 Å². The van der Waals surface area contributed by atoms with E-state index in [1.807, 2.05) is 12.1 Å². The molecule has 1 aliphatic heterocycles.